The SMILES string of the molecule is CC(C)(C)CC1NCC(c2cccc(Cl)c2F)[C@@]1(C#N)c1ccc(Cl)cc1F.COC(=O)c1ccc(NC=O)c(OC)c1. The molecule has 11 heteroatoms. The molecule has 3 aromatic carbocycles. The zero-order valence-electron chi connectivity index (χ0n) is 24.4. The number of methoxy groups -OCH3 is 2. The van der Waals surface area contributed by atoms with Gasteiger partial charge in [0, 0.05) is 29.1 Å². The van der Waals surface area contributed by atoms with Crippen molar-refractivity contribution in [3.8, 4) is 11.8 Å². The molecule has 0 aromatic heterocycles. The van der Waals surface area contributed by atoms with Gasteiger partial charge in [0.2, 0.25) is 6.41 Å². The number of halogens is 4. The van der Waals surface area contributed by atoms with Gasteiger partial charge in [0.25, 0.3) is 0 Å². The van der Waals surface area contributed by atoms with Crippen molar-refractivity contribution in [1.29, 1.82) is 5.26 Å². The number of nitriles is 1. The second-order valence-electron chi connectivity index (χ2n) is 11.2. The van der Waals surface area contributed by atoms with E-state index in [9.17, 15) is 19.2 Å². The fourth-order valence-electron chi connectivity index (χ4n) is 5.35. The Hall–Kier alpha value is -3.71. The number of rotatable bonds is 7. The molecule has 1 amide bonds. The van der Waals surface area contributed by atoms with Gasteiger partial charge < -0.3 is 20.1 Å². The van der Waals surface area contributed by atoms with Gasteiger partial charge in [0.05, 0.1) is 36.6 Å². The highest BCUT2D eigenvalue weighted by Gasteiger charge is 2.55. The maximum absolute atomic E-state index is 15.0. The molecule has 0 aliphatic carbocycles. The Morgan fingerprint density at radius 2 is 1.88 bits per heavy atom. The monoisotopic (exact) mass is 631 g/mol. The molecule has 7 nitrogen and oxygen atoms in total. The number of hydrogen-bond donors (Lipinski definition) is 2. The normalized spacial score (nSPS) is 19.4. The van der Waals surface area contributed by atoms with Crippen molar-refractivity contribution in [2.45, 2.75) is 44.6 Å². The average Bonchev–Trinajstić information content (AvgIpc) is 3.31. The summed E-state index contributed by atoms with van der Waals surface area (Å²) in [5, 5.41) is 16.4. The lowest BCUT2D eigenvalue weighted by Gasteiger charge is -2.37. The minimum Gasteiger partial charge on any atom is -0.495 e. The van der Waals surface area contributed by atoms with Gasteiger partial charge in [-0.15, -0.1) is 0 Å². The van der Waals surface area contributed by atoms with E-state index in [2.05, 4.69) is 42.2 Å². The van der Waals surface area contributed by atoms with Gasteiger partial charge in [-0.3, -0.25) is 4.79 Å². The van der Waals surface area contributed by atoms with Crippen molar-refractivity contribution in [3.63, 3.8) is 0 Å². The summed E-state index contributed by atoms with van der Waals surface area (Å²) in [6.07, 6.45) is 1.15. The molecule has 1 heterocycles. The predicted octanol–water partition coefficient (Wildman–Crippen LogP) is 7.27. The van der Waals surface area contributed by atoms with E-state index in [0.717, 1.165) is 0 Å². The van der Waals surface area contributed by atoms with Crippen LogP contribution in [0.3, 0.4) is 0 Å². The van der Waals surface area contributed by atoms with Gasteiger partial charge in [0.1, 0.15) is 22.8 Å². The molecule has 0 radical (unpaired) electrons. The van der Waals surface area contributed by atoms with Crippen LogP contribution in [0.4, 0.5) is 14.5 Å². The predicted molar refractivity (Wildman–Crippen MR) is 163 cm³/mol. The molecule has 43 heavy (non-hydrogen) atoms. The Bertz CT molecular complexity index is 1520. The van der Waals surface area contributed by atoms with Gasteiger partial charge in [-0.05, 0) is 53.8 Å². The third kappa shape index (κ3) is 7.45. The smallest absolute Gasteiger partial charge is 0.337 e. The van der Waals surface area contributed by atoms with Crippen LogP contribution >= 0.6 is 23.2 Å². The van der Waals surface area contributed by atoms with Gasteiger partial charge in [-0.25, -0.2) is 13.6 Å². The van der Waals surface area contributed by atoms with E-state index in [1.54, 1.807) is 36.4 Å². The van der Waals surface area contributed by atoms with Crippen LogP contribution in [0.15, 0.2) is 54.6 Å². The lowest BCUT2D eigenvalue weighted by Crippen LogP contribution is -2.44. The van der Waals surface area contributed by atoms with Crippen LogP contribution < -0.4 is 15.4 Å². The Labute approximate surface area is 260 Å². The van der Waals surface area contributed by atoms with Crippen molar-refractivity contribution < 1.29 is 27.8 Å². The highest BCUT2D eigenvalue weighted by Crippen LogP contribution is 2.50. The van der Waals surface area contributed by atoms with E-state index >= 15 is 4.39 Å². The third-order valence-electron chi connectivity index (χ3n) is 7.24. The molecule has 4 rings (SSSR count). The molecule has 1 aliphatic rings. The van der Waals surface area contributed by atoms with Gasteiger partial charge in [0.15, 0.2) is 0 Å². The maximum Gasteiger partial charge on any atom is 0.337 e. The van der Waals surface area contributed by atoms with E-state index in [1.807, 2.05) is 0 Å². The molecule has 0 bridgehead atoms. The van der Waals surface area contributed by atoms with Crippen molar-refractivity contribution in [3.05, 3.63) is 93.0 Å². The highest BCUT2D eigenvalue weighted by atomic mass is 35.5. The fraction of sp³-hybridized carbons (Fsp3) is 0.344. The van der Waals surface area contributed by atoms with Crippen LogP contribution in [0.25, 0.3) is 0 Å². The van der Waals surface area contributed by atoms with E-state index < -0.39 is 28.9 Å². The summed E-state index contributed by atoms with van der Waals surface area (Å²) in [4.78, 5) is 21.4. The second kappa shape index (κ2) is 14.2. The summed E-state index contributed by atoms with van der Waals surface area (Å²) in [6, 6.07) is 15.7. The molecule has 2 N–H and O–H groups in total. The van der Waals surface area contributed by atoms with Crippen molar-refractivity contribution >= 4 is 41.3 Å². The first-order valence-electron chi connectivity index (χ1n) is 13.3. The minimum absolute atomic E-state index is 0.0137. The Morgan fingerprint density at radius 3 is 2.47 bits per heavy atom. The zero-order chi connectivity index (χ0) is 31.9. The number of benzene rings is 3. The molecule has 1 saturated heterocycles. The standard InChI is InChI=1S/C22H22Cl2F2N2.C10H11NO4/c1-21(2,3)10-19-22(12-27,15-8-7-13(23)9-18(15)25)16(11-28-19)14-5-4-6-17(24)20(14)26;1-14-9-5-7(10(13)15-2)3-4-8(9)11-6-12/h4-9,16,19,28H,10-11H2,1-3H3;3-6H,1-2H3,(H,11,12)/t16?,19?,22-;/m1./s1. The minimum atomic E-state index is -1.30. The van der Waals surface area contributed by atoms with Crippen LogP contribution in [0.2, 0.25) is 10.0 Å². The largest absolute Gasteiger partial charge is 0.495 e. The first kappa shape index (κ1) is 33.8. The van der Waals surface area contributed by atoms with E-state index in [1.165, 1.54) is 32.4 Å². The molecule has 3 aromatic rings. The van der Waals surface area contributed by atoms with Crippen LogP contribution in [0.1, 0.15) is 54.6 Å². The number of nitrogens with one attached hydrogen (secondary N) is 2. The fourth-order valence-corrected chi connectivity index (χ4v) is 5.69. The highest BCUT2D eigenvalue weighted by molar-refractivity contribution is 6.31. The molecular formula is C32H33Cl2F2N3O4. The lowest BCUT2D eigenvalue weighted by atomic mass is 9.64. The van der Waals surface area contributed by atoms with Crippen LogP contribution in [-0.4, -0.2) is 39.2 Å². The topological polar surface area (TPSA) is 100 Å². The van der Waals surface area contributed by atoms with Crippen molar-refractivity contribution in [1.82, 2.24) is 5.32 Å². The summed E-state index contributed by atoms with van der Waals surface area (Å²) in [6.45, 7) is 6.51. The summed E-state index contributed by atoms with van der Waals surface area (Å²) in [5.41, 5.74) is -0.0148. The summed E-state index contributed by atoms with van der Waals surface area (Å²) in [5.74, 6) is -1.78. The number of nitrogens with zero attached hydrogens (tertiary/aromatic N) is 1. The molecule has 228 valence electrons. The maximum atomic E-state index is 15.0. The van der Waals surface area contributed by atoms with E-state index in [0.29, 0.717) is 41.9 Å². The Kier molecular flexibility index (Phi) is 11.1. The van der Waals surface area contributed by atoms with Gasteiger partial charge in [-0.2, -0.15) is 5.26 Å². The average molecular weight is 633 g/mol. The number of ether oxygens (including phenoxy) is 2. The van der Waals surface area contributed by atoms with Crippen molar-refractivity contribution in [2.75, 3.05) is 26.1 Å². The number of hydrogen-bond acceptors (Lipinski definition) is 6. The molecule has 1 fully saturated rings. The zero-order valence-corrected chi connectivity index (χ0v) is 25.9. The molecule has 2 unspecified atom stereocenters. The first-order chi connectivity index (χ1) is 20.3. The first-order valence-corrected chi connectivity index (χ1v) is 14.1. The number of amides is 1. The number of carbonyl (C=O) groups excluding carboxylic acids is 2. The van der Waals surface area contributed by atoms with Crippen LogP contribution in [0.5, 0.6) is 5.75 Å². The van der Waals surface area contributed by atoms with Crippen LogP contribution in [-0.2, 0) is 14.9 Å². The molecule has 3 atom stereocenters. The van der Waals surface area contributed by atoms with Crippen molar-refractivity contribution in [2.24, 2.45) is 5.41 Å². The molecule has 1 aliphatic heterocycles. The third-order valence-corrected chi connectivity index (χ3v) is 7.77. The van der Waals surface area contributed by atoms with Gasteiger partial charge in [-0.1, -0.05) is 62.2 Å². The summed E-state index contributed by atoms with van der Waals surface area (Å²) < 4.78 is 39.5. The number of anilines is 1. The second-order valence-corrected chi connectivity index (χ2v) is 12.0. The summed E-state index contributed by atoms with van der Waals surface area (Å²) >= 11 is 11.9. The Morgan fingerprint density at radius 1 is 1.16 bits per heavy atom. The number of esters is 1. The van der Waals surface area contributed by atoms with Crippen LogP contribution in [0, 0.1) is 28.4 Å². The molecular weight excluding hydrogens is 599 g/mol. The Balaban J connectivity index is 0.000000285. The van der Waals surface area contributed by atoms with E-state index in [-0.39, 0.29) is 27.1 Å². The van der Waals surface area contributed by atoms with E-state index in [4.69, 9.17) is 27.9 Å². The number of carbonyl (C=O) groups is 2. The molecule has 0 spiro atoms. The summed E-state index contributed by atoms with van der Waals surface area (Å²) in [7, 11) is 2.75. The quantitative estimate of drug-likeness (QED) is 0.210. The van der Waals surface area contributed by atoms with Gasteiger partial charge >= 0.3 is 5.97 Å². The lowest BCUT2D eigenvalue weighted by molar-refractivity contribution is -0.105. The molecule has 0 saturated carbocycles.